The smallest absolute Gasteiger partial charge is 0.372 e. The quantitative estimate of drug-likeness (QED) is 0.435. The minimum Gasteiger partial charge on any atom is -0.459 e. The number of nitrogens with zero attached hydrogens (tertiary/aromatic N) is 3. The fourth-order valence-corrected chi connectivity index (χ4v) is 3.18. The fourth-order valence-electron chi connectivity index (χ4n) is 2.47. The molecule has 1 N–H and O–H groups in total. The van der Waals surface area contributed by atoms with Gasteiger partial charge >= 0.3 is 5.82 Å². The largest absolute Gasteiger partial charge is 0.459 e. The van der Waals surface area contributed by atoms with Crippen molar-refractivity contribution in [2.24, 2.45) is 0 Å². The van der Waals surface area contributed by atoms with Crippen molar-refractivity contribution in [1.29, 1.82) is 0 Å². The van der Waals surface area contributed by atoms with Crippen molar-refractivity contribution < 1.29 is 9.34 Å². The molecule has 3 aromatic heterocycles. The van der Waals surface area contributed by atoms with Crippen molar-refractivity contribution in [3.63, 3.8) is 0 Å². The predicted molar refractivity (Wildman–Crippen MR) is 91.2 cm³/mol. The number of rotatable bonds is 5. The lowest BCUT2D eigenvalue weighted by Crippen LogP contribution is -2.02. The molecular formula is C16H12N4O3S. The Bertz CT molecular complexity index is 1000. The lowest BCUT2D eigenvalue weighted by Gasteiger charge is -2.01. The Kier molecular flexibility index (Phi) is 3.51. The monoisotopic (exact) mass is 340 g/mol. The minimum absolute atomic E-state index is 0.0684. The van der Waals surface area contributed by atoms with Gasteiger partial charge in [-0.05, 0) is 17.1 Å². The number of fused-ring (bicyclic) bond motifs is 1. The van der Waals surface area contributed by atoms with E-state index in [1.165, 1.54) is 15.7 Å². The summed E-state index contributed by atoms with van der Waals surface area (Å²) in [7, 11) is 0. The molecule has 0 aliphatic rings. The highest BCUT2D eigenvalue weighted by Crippen LogP contribution is 2.29. The molecule has 0 aliphatic heterocycles. The van der Waals surface area contributed by atoms with E-state index in [-0.39, 0.29) is 11.6 Å². The Balaban J connectivity index is 1.56. The molecule has 0 saturated carbocycles. The number of nitrogens with one attached hydrogen (secondary N) is 1. The first-order valence-corrected chi connectivity index (χ1v) is 8.08. The van der Waals surface area contributed by atoms with Gasteiger partial charge in [0, 0.05) is 10.9 Å². The molecule has 0 bridgehead atoms. The van der Waals surface area contributed by atoms with Gasteiger partial charge < -0.3 is 19.8 Å². The zero-order valence-corrected chi connectivity index (χ0v) is 13.2. The highest BCUT2D eigenvalue weighted by Gasteiger charge is 2.23. The Morgan fingerprint density at radius 3 is 2.88 bits per heavy atom. The first-order chi connectivity index (χ1) is 11.7. The van der Waals surface area contributed by atoms with Crippen LogP contribution in [0.1, 0.15) is 5.76 Å². The lowest BCUT2D eigenvalue weighted by atomic mass is 10.2. The molecule has 3 heterocycles. The Hall–Kier alpha value is -3.13. The Morgan fingerprint density at radius 2 is 2.08 bits per heavy atom. The molecule has 0 fully saturated rings. The van der Waals surface area contributed by atoms with Gasteiger partial charge in [0.15, 0.2) is 0 Å². The molecule has 8 heteroatoms. The number of anilines is 1. The van der Waals surface area contributed by atoms with E-state index in [2.05, 4.69) is 10.3 Å². The van der Waals surface area contributed by atoms with Gasteiger partial charge in [0.05, 0.1) is 6.54 Å². The second-order valence-corrected chi connectivity index (χ2v) is 5.96. The van der Waals surface area contributed by atoms with Crippen LogP contribution in [0.5, 0.6) is 0 Å². The van der Waals surface area contributed by atoms with E-state index in [1.807, 2.05) is 42.5 Å². The highest BCUT2D eigenvalue weighted by atomic mass is 32.1. The van der Waals surface area contributed by atoms with Crippen molar-refractivity contribution in [2.75, 3.05) is 5.32 Å². The third-order valence-corrected chi connectivity index (χ3v) is 4.32. The molecule has 0 unspecified atom stereocenters. The summed E-state index contributed by atoms with van der Waals surface area (Å²) >= 11 is 1.35. The molecule has 0 radical (unpaired) electrons. The van der Waals surface area contributed by atoms with Gasteiger partial charge in [-0.15, -0.1) is 0 Å². The molecule has 7 nitrogen and oxygen atoms in total. The third kappa shape index (κ3) is 2.52. The molecule has 120 valence electrons. The lowest BCUT2D eigenvalue weighted by molar-refractivity contribution is -0.389. The van der Waals surface area contributed by atoms with Crippen LogP contribution in [0.15, 0.2) is 58.5 Å². The summed E-state index contributed by atoms with van der Waals surface area (Å²) < 4.78 is 7.25. The summed E-state index contributed by atoms with van der Waals surface area (Å²) in [6.45, 7) is 0.318. The first-order valence-electron chi connectivity index (χ1n) is 7.20. The number of benzene rings is 1. The normalized spacial score (nSPS) is 11.0. The molecule has 1 aromatic carbocycles. The second-order valence-electron chi connectivity index (χ2n) is 5.08. The van der Waals surface area contributed by atoms with Gasteiger partial charge in [-0.25, -0.2) is 0 Å². The molecule has 0 spiro atoms. The molecule has 0 aliphatic carbocycles. The second kappa shape index (κ2) is 5.82. The molecule has 4 aromatic rings. The van der Waals surface area contributed by atoms with E-state index in [4.69, 9.17) is 4.42 Å². The topological polar surface area (TPSA) is 85.6 Å². The van der Waals surface area contributed by atoms with Crippen LogP contribution in [-0.4, -0.2) is 14.3 Å². The van der Waals surface area contributed by atoms with E-state index in [0.717, 1.165) is 11.3 Å². The molecule has 4 rings (SSSR count). The van der Waals surface area contributed by atoms with Crippen LogP contribution >= 0.6 is 11.3 Å². The standard InChI is InChI=1S/C16H12N4O3S/c21-20(22)15-14(18-16-19(15)8-9-24-16)17-10-12-6-7-13(23-12)11-4-2-1-3-5-11/h1-9,17H,10H2. The van der Waals surface area contributed by atoms with E-state index < -0.39 is 4.92 Å². The van der Waals surface area contributed by atoms with Crippen LogP contribution in [0.4, 0.5) is 11.6 Å². The van der Waals surface area contributed by atoms with Gasteiger partial charge in [-0.3, -0.25) is 0 Å². The number of furan rings is 1. The summed E-state index contributed by atoms with van der Waals surface area (Å²) in [5.74, 6) is 1.61. The molecule has 0 atom stereocenters. The van der Waals surface area contributed by atoms with E-state index in [9.17, 15) is 10.1 Å². The van der Waals surface area contributed by atoms with Crippen molar-refractivity contribution in [1.82, 2.24) is 9.38 Å². The average Bonchev–Trinajstić information content (AvgIpc) is 3.28. The van der Waals surface area contributed by atoms with Crippen molar-refractivity contribution in [2.45, 2.75) is 6.54 Å². The van der Waals surface area contributed by atoms with Crippen LogP contribution < -0.4 is 5.32 Å². The summed E-state index contributed by atoms with van der Waals surface area (Å²) in [5.41, 5.74) is 0.984. The SMILES string of the molecule is O=[N+]([O-])c1c(NCc2ccc(-c3ccccc3)o2)nc2sccn12. The van der Waals surface area contributed by atoms with Crippen molar-refractivity contribution >= 4 is 27.9 Å². The summed E-state index contributed by atoms with van der Waals surface area (Å²) in [5, 5.41) is 16.0. The zero-order valence-electron chi connectivity index (χ0n) is 12.4. The van der Waals surface area contributed by atoms with Crippen LogP contribution in [0.2, 0.25) is 0 Å². The number of thiazole rings is 1. The third-order valence-electron chi connectivity index (χ3n) is 3.56. The van der Waals surface area contributed by atoms with Crippen molar-refractivity contribution in [3.05, 3.63) is 69.9 Å². The highest BCUT2D eigenvalue weighted by molar-refractivity contribution is 7.15. The molecule has 24 heavy (non-hydrogen) atoms. The van der Waals surface area contributed by atoms with Crippen LogP contribution in [0.3, 0.4) is 0 Å². The maximum atomic E-state index is 11.3. The Labute approximate surface area is 140 Å². The van der Waals surface area contributed by atoms with Crippen LogP contribution in [0, 0.1) is 10.1 Å². The predicted octanol–water partition coefficient (Wildman–Crippen LogP) is 4.18. The van der Waals surface area contributed by atoms with Crippen LogP contribution in [0.25, 0.3) is 16.3 Å². The number of imidazole rings is 1. The van der Waals surface area contributed by atoms with E-state index >= 15 is 0 Å². The summed E-state index contributed by atoms with van der Waals surface area (Å²) in [4.78, 5) is 15.7. The average molecular weight is 340 g/mol. The first kappa shape index (κ1) is 14.5. The minimum atomic E-state index is -0.438. The van der Waals surface area contributed by atoms with Crippen molar-refractivity contribution in [3.8, 4) is 11.3 Å². The fraction of sp³-hybridized carbons (Fsp3) is 0.0625. The number of hydrogen-bond donors (Lipinski definition) is 1. The number of aromatic nitrogens is 2. The van der Waals surface area contributed by atoms with Gasteiger partial charge in [-0.2, -0.15) is 9.38 Å². The molecule has 0 saturated heterocycles. The van der Waals surface area contributed by atoms with E-state index in [0.29, 0.717) is 17.3 Å². The summed E-state index contributed by atoms with van der Waals surface area (Å²) in [6.07, 6.45) is 1.64. The molecule has 0 amide bonds. The maximum Gasteiger partial charge on any atom is 0.372 e. The van der Waals surface area contributed by atoms with Gasteiger partial charge in [0.1, 0.15) is 17.7 Å². The maximum absolute atomic E-state index is 11.3. The van der Waals surface area contributed by atoms with Gasteiger partial charge in [0.2, 0.25) is 5.82 Å². The number of hydrogen-bond acceptors (Lipinski definition) is 6. The van der Waals surface area contributed by atoms with E-state index in [1.54, 1.807) is 11.6 Å². The van der Waals surface area contributed by atoms with Crippen LogP contribution in [-0.2, 0) is 6.54 Å². The van der Waals surface area contributed by atoms with Gasteiger partial charge in [0.25, 0.3) is 4.96 Å². The number of nitro groups is 1. The Morgan fingerprint density at radius 1 is 1.25 bits per heavy atom. The van der Waals surface area contributed by atoms with Gasteiger partial charge in [-0.1, -0.05) is 41.7 Å². The molecular weight excluding hydrogens is 328 g/mol. The summed E-state index contributed by atoms with van der Waals surface area (Å²) in [6, 6.07) is 13.5. The zero-order chi connectivity index (χ0) is 16.5.